The van der Waals surface area contributed by atoms with Gasteiger partial charge in [0.2, 0.25) is 5.91 Å². The topological polar surface area (TPSA) is 70.7 Å². The van der Waals surface area contributed by atoms with Crippen molar-refractivity contribution in [1.82, 2.24) is 15.5 Å². The quantitative estimate of drug-likeness (QED) is 0.724. The SMILES string of the molecule is CNCC1CCCCN1CC(=O)NC(=O)OC. The van der Waals surface area contributed by atoms with Crippen molar-refractivity contribution in [3.63, 3.8) is 0 Å². The molecular formula is C11H21N3O3. The molecule has 0 aromatic heterocycles. The van der Waals surface area contributed by atoms with Gasteiger partial charge < -0.3 is 10.1 Å². The minimum Gasteiger partial charge on any atom is -0.453 e. The standard InChI is InChI=1S/C11H21N3O3/c1-12-7-9-5-3-4-6-14(9)8-10(15)13-11(16)17-2/h9,12H,3-8H2,1-2H3,(H,13,15,16). The molecule has 1 unspecified atom stereocenters. The Balaban J connectivity index is 2.41. The highest BCUT2D eigenvalue weighted by Crippen LogP contribution is 2.15. The number of carbonyl (C=O) groups excluding carboxylic acids is 2. The second-order valence-electron chi connectivity index (χ2n) is 4.22. The van der Waals surface area contributed by atoms with Gasteiger partial charge in [0.15, 0.2) is 0 Å². The lowest BCUT2D eigenvalue weighted by molar-refractivity contribution is -0.122. The predicted molar refractivity (Wildman–Crippen MR) is 63.7 cm³/mol. The van der Waals surface area contributed by atoms with Crippen molar-refractivity contribution in [3.05, 3.63) is 0 Å². The summed E-state index contributed by atoms with van der Waals surface area (Å²) in [6.07, 6.45) is 2.69. The first-order valence-electron chi connectivity index (χ1n) is 5.93. The molecule has 1 saturated heterocycles. The van der Waals surface area contributed by atoms with Gasteiger partial charge in [-0.3, -0.25) is 15.0 Å². The first kappa shape index (κ1) is 13.9. The van der Waals surface area contributed by atoms with Crippen molar-refractivity contribution in [2.45, 2.75) is 25.3 Å². The molecule has 0 aromatic carbocycles. The van der Waals surface area contributed by atoms with Gasteiger partial charge in [-0.25, -0.2) is 4.79 Å². The molecule has 0 radical (unpaired) electrons. The fourth-order valence-corrected chi connectivity index (χ4v) is 2.12. The molecule has 0 saturated carbocycles. The largest absolute Gasteiger partial charge is 0.453 e. The summed E-state index contributed by atoms with van der Waals surface area (Å²) >= 11 is 0. The highest BCUT2D eigenvalue weighted by molar-refractivity contribution is 5.92. The van der Waals surface area contributed by atoms with E-state index in [2.05, 4.69) is 20.3 Å². The van der Waals surface area contributed by atoms with E-state index in [1.54, 1.807) is 0 Å². The number of nitrogens with zero attached hydrogens (tertiary/aromatic N) is 1. The molecule has 6 heteroatoms. The van der Waals surface area contributed by atoms with E-state index in [0.29, 0.717) is 6.04 Å². The number of piperidine rings is 1. The predicted octanol–water partition coefficient (Wildman–Crippen LogP) is -0.0571. The van der Waals surface area contributed by atoms with Crippen LogP contribution in [0, 0.1) is 0 Å². The van der Waals surface area contributed by atoms with Gasteiger partial charge in [-0.05, 0) is 26.4 Å². The summed E-state index contributed by atoms with van der Waals surface area (Å²) in [7, 11) is 3.15. The van der Waals surface area contributed by atoms with Gasteiger partial charge in [0, 0.05) is 12.6 Å². The van der Waals surface area contributed by atoms with Gasteiger partial charge in [-0.1, -0.05) is 6.42 Å². The Bertz CT molecular complexity index is 269. The summed E-state index contributed by atoms with van der Waals surface area (Å²) in [5.41, 5.74) is 0. The van der Waals surface area contributed by atoms with E-state index < -0.39 is 6.09 Å². The van der Waals surface area contributed by atoms with Crippen molar-refractivity contribution in [1.29, 1.82) is 0 Å². The van der Waals surface area contributed by atoms with Crippen molar-refractivity contribution in [2.75, 3.05) is 33.8 Å². The second-order valence-corrected chi connectivity index (χ2v) is 4.22. The Morgan fingerprint density at radius 2 is 2.18 bits per heavy atom. The fraction of sp³-hybridized carbons (Fsp3) is 0.818. The third-order valence-electron chi connectivity index (χ3n) is 2.96. The van der Waals surface area contributed by atoms with Crippen LogP contribution >= 0.6 is 0 Å². The maximum atomic E-state index is 11.6. The molecule has 1 aliphatic rings. The maximum Gasteiger partial charge on any atom is 0.413 e. The van der Waals surface area contributed by atoms with Gasteiger partial charge in [-0.2, -0.15) is 0 Å². The third kappa shape index (κ3) is 4.70. The summed E-state index contributed by atoms with van der Waals surface area (Å²) in [6, 6.07) is 0.372. The second kappa shape index (κ2) is 7.24. The van der Waals surface area contributed by atoms with Gasteiger partial charge in [0.1, 0.15) is 0 Å². The zero-order chi connectivity index (χ0) is 12.7. The summed E-state index contributed by atoms with van der Waals surface area (Å²) in [5.74, 6) is -0.306. The van der Waals surface area contributed by atoms with Crippen molar-refractivity contribution in [2.24, 2.45) is 0 Å². The lowest BCUT2D eigenvalue weighted by atomic mass is 10.0. The number of methoxy groups -OCH3 is 1. The van der Waals surface area contributed by atoms with E-state index in [4.69, 9.17) is 0 Å². The van der Waals surface area contributed by atoms with Crippen LogP contribution in [0.3, 0.4) is 0 Å². The van der Waals surface area contributed by atoms with E-state index in [1.807, 2.05) is 7.05 Å². The number of alkyl carbamates (subject to hydrolysis) is 1. The Morgan fingerprint density at radius 3 is 2.82 bits per heavy atom. The van der Waals surface area contributed by atoms with Gasteiger partial charge in [0.25, 0.3) is 0 Å². The van der Waals surface area contributed by atoms with E-state index in [9.17, 15) is 9.59 Å². The molecule has 2 N–H and O–H groups in total. The average Bonchev–Trinajstić information content (AvgIpc) is 2.31. The fourth-order valence-electron chi connectivity index (χ4n) is 2.12. The lowest BCUT2D eigenvalue weighted by Crippen LogP contribution is -2.49. The molecule has 1 heterocycles. The summed E-state index contributed by atoms with van der Waals surface area (Å²) in [4.78, 5) is 24.6. The molecule has 1 aliphatic heterocycles. The molecule has 0 aliphatic carbocycles. The maximum absolute atomic E-state index is 11.6. The van der Waals surface area contributed by atoms with E-state index in [0.717, 1.165) is 25.9 Å². The number of likely N-dealkylation sites (tertiary alicyclic amines) is 1. The molecule has 6 nitrogen and oxygen atoms in total. The van der Waals surface area contributed by atoms with Crippen LogP contribution in [0.2, 0.25) is 0 Å². The van der Waals surface area contributed by atoms with Crippen molar-refractivity contribution < 1.29 is 14.3 Å². The Labute approximate surface area is 102 Å². The van der Waals surface area contributed by atoms with E-state index in [-0.39, 0.29) is 12.5 Å². The number of nitrogens with one attached hydrogen (secondary N) is 2. The monoisotopic (exact) mass is 243 g/mol. The van der Waals surface area contributed by atoms with E-state index >= 15 is 0 Å². The van der Waals surface area contributed by atoms with Crippen molar-refractivity contribution in [3.8, 4) is 0 Å². The molecule has 0 aromatic rings. The Morgan fingerprint density at radius 1 is 1.41 bits per heavy atom. The molecule has 0 bridgehead atoms. The van der Waals surface area contributed by atoms with Gasteiger partial charge in [0.05, 0.1) is 13.7 Å². The van der Waals surface area contributed by atoms with Gasteiger partial charge in [-0.15, -0.1) is 0 Å². The first-order valence-corrected chi connectivity index (χ1v) is 5.93. The number of hydrogen-bond donors (Lipinski definition) is 2. The smallest absolute Gasteiger partial charge is 0.413 e. The van der Waals surface area contributed by atoms with Crippen LogP contribution in [0.4, 0.5) is 4.79 Å². The highest BCUT2D eigenvalue weighted by Gasteiger charge is 2.24. The molecule has 2 amide bonds. The number of hydrogen-bond acceptors (Lipinski definition) is 5. The van der Waals surface area contributed by atoms with Crippen LogP contribution in [0.5, 0.6) is 0 Å². The lowest BCUT2D eigenvalue weighted by Gasteiger charge is -2.34. The number of ether oxygens (including phenoxy) is 1. The molecule has 0 spiro atoms. The minimum atomic E-state index is -0.697. The average molecular weight is 243 g/mol. The zero-order valence-electron chi connectivity index (χ0n) is 10.5. The third-order valence-corrected chi connectivity index (χ3v) is 2.96. The van der Waals surface area contributed by atoms with Crippen molar-refractivity contribution >= 4 is 12.0 Å². The molecule has 1 atom stereocenters. The molecule has 98 valence electrons. The van der Waals surface area contributed by atoms with E-state index in [1.165, 1.54) is 13.5 Å². The van der Waals surface area contributed by atoms with Crippen LogP contribution in [-0.4, -0.2) is 56.7 Å². The number of rotatable bonds is 4. The Kier molecular flexibility index (Phi) is 5.93. The molecular weight excluding hydrogens is 222 g/mol. The molecule has 17 heavy (non-hydrogen) atoms. The number of carbonyl (C=O) groups is 2. The Hall–Kier alpha value is -1.14. The van der Waals surface area contributed by atoms with Crippen LogP contribution in [0.15, 0.2) is 0 Å². The van der Waals surface area contributed by atoms with Gasteiger partial charge >= 0.3 is 6.09 Å². The molecule has 1 fully saturated rings. The van der Waals surface area contributed by atoms with Crippen LogP contribution in [-0.2, 0) is 9.53 Å². The van der Waals surface area contributed by atoms with Crippen LogP contribution < -0.4 is 10.6 Å². The normalized spacial score (nSPS) is 20.9. The van der Waals surface area contributed by atoms with Crippen LogP contribution in [0.1, 0.15) is 19.3 Å². The summed E-state index contributed by atoms with van der Waals surface area (Å²) in [5, 5.41) is 5.30. The molecule has 1 rings (SSSR count). The zero-order valence-corrected chi connectivity index (χ0v) is 10.5. The minimum absolute atomic E-state index is 0.251. The summed E-state index contributed by atoms with van der Waals surface area (Å²) < 4.78 is 4.38. The number of likely N-dealkylation sites (N-methyl/N-ethyl adjacent to an activating group) is 1. The highest BCUT2D eigenvalue weighted by atomic mass is 16.5. The summed E-state index contributed by atoms with van der Waals surface area (Å²) in [6.45, 7) is 2.02. The first-order chi connectivity index (χ1) is 8.17. The number of imide groups is 1. The van der Waals surface area contributed by atoms with Crippen LogP contribution in [0.25, 0.3) is 0 Å². The number of amides is 2.